The topological polar surface area (TPSA) is 32.8 Å². The van der Waals surface area contributed by atoms with Crippen LogP contribution in [0.5, 0.6) is 0 Å². The van der Waals surface area contributed by atoms with Crippen molar-refractivity contribution < 1.29 is 22.7 Å². The van der Waals surface area contributed by atoms with Gasteiger partial charge in [-0.3, -0.25) is 9.69 Å². The molecule has 0 aromatic rings. The maximum atomic E-state index is 12.0. The van der Waals surface area contributed by atoms with Crippen LogP contribution in [0, 0.1) is 0 Å². The Hall–Kier alpha value is -0.820. The number of halogens is 3. The molecule has 0 saturated carbocycles. The van der Waals surface area contributed by atoms with E-state index >= 15 is 0 Å². The van der Waals surface area contributed by atoms with Crippen molar-refractivity contribution in [1.82, 2.24) is 9.80 Å². The molecule has 7 heteroatoms. The summed E-state index contributed by atoms with van der Waals surface area (Å²) < 4.78 is 40.8. The molecule has 2 fully saturated rings. The fourth-order valence-electron chi connectivity index (χ4n) is 3.52. The zero-order chi connectivity index (χ0) is 15.5. The molecule has 0 bridgehead atoms. The van der Waals surface area contributed by atoms with Gasteiger partial charge in [0.05, 0.1) is 6.61 Å². The van der Waals surface area contributed by atoms with E-state index in [1.807, 2.05) is 4.90 Å². The van der Waals surface area contributed by atoms with Crippen LogP contribution in [0.2, 0.25) is 0 Å². The molecule has 21 heavy (non-hydrogen) atoms. The molecule has 4 nitrogen and oxygen atoms in total. The van der Waals surface area contributed by atoms with E-state index in [0.717, 1.165) is 38.8 Å². The Bertz CT molecular complexity index is 363. The molecule has 2 aliphatic rings. The highest BCUT2D eigenvalue weighted by Crippen LogP contribution is 2.29. The van der Waals surface area contributed by atoms with Crippen molar-refractivity contribution in [1.29, 1.82) is 0 Å². The van der Waals surface area contributed by atoms with Crippen molar-refractivity contribution in [2.45, 2.75) is 50.9 Å². The van der Waals surface area contributed by atoms with Gasteiger partial charge >= 0.3 is 6.18 Å². The summed E-state index contributed by atoms with van der Waals surface area (Å²) in [5.41, 5.74) is 0. The summed E-state index contributed by atoms with van der Waals surface area (Å²) in [7, 11) is 0. The molecule has 0 unspecified atom stereocenters. The second-order valence-corrected chi connectivity index (χ2v) is 5.84. The van der Waals surface area contributed by atoms with Gasteiger partial charge in [0, 0.05) is 32.1 Å². The molecule has 0 aromatic carbocycles. The first-order valence-electron chi connectivity index (χ1n) is 7.54. The van der Waals surface area contributed by atoms with Crippen LogP contribution in [0.3, 0.4) is 0 Å². The quantitative estimate of drug-likeness (QED) is 0.729. The highest BCUT2D eigenvalue weighted by atomic mass is 19.4. The van der Waals surface area contributed by atoms with Crippen molar-refractivity contribution in [2.24, 2.45) is 0 Å². The normalized spacial score (nSPS) is 27.5. The van der Waals surface area contributed by atoms with E-state index in [-0.39, 0.29) is 24.6 Å². The molecule has 2 rings (SSSR count). The van der Waals surface area contributed by atoms with Gasteiger partial charge in [0.2, 0.25) is 5.91 Å². The summed E-state index contributed by atoms with van der Waals surface area (Å²) in [4.78, 5) is 15.7. The SMILES string of the molecule is CC(=O)N1CCC[C@@H]1[C@@H]1CCCN1CCOCC(F)(F)F. The summed E-state index contributed by atoms with van der Waals surface area (Å²) in [5, 5.41) is 0. The molecule has 2 atom stereocenters. The number of alkyl halides is 3. The van der Waals surface area contributed by atoms with Gasteiger partial charge < -0.3 is 9.64 Å². The fourth-order valence-corrected chi connectivity index (χ4v) is 3.52. The number of hydrogen-bond acceptors (Lipinski definition) is 3. The Morgan fingerprint density at radius 1 is 1.19 bits per heavy atom. The van der Waals surface area contributed by atoms with Crippen LogP contribution in [0.25, 0.3) is 0 Å². The molecule has 0 radical (unpaired) electrons. The van der Waals surface area contributed by atoms with Crippen molar-refractivity contribution in [3.05, 3.63) is 0 Å². The van der Waals surface area contributed by atoms with Crippen LogP contribution in [-0.2, 0) is 9.53 Å². The van der Waals surface area contributed by atoms with Gasteiger partial charge in [-0.25, -0.2) is 0 Å². The Labute approximate surface area is 123 Å². The zero-order valence-corrected chi connectivity index (χ0v) is 12.4. The Morgan fingerprint density at radius 3 is 2.52 bits per heavy atom. The lowest BCUT2D eigenvalue weighted by molar-refractivity contribution is -0.174. The minimum Gasteiger partial charge on any atom is -0.371 e. The molecule has 1 amide bonds. The molecule has 2 aliphatic heterocycles. The van der Waals surface area contributed by atoms with Crippen LogP contribution in [0.15, 0.2) is 0 Å². The highest BCUT2D eigenvalue weighted by Gasteiger charge is 2.38. The van der Waals surface area contributed by atoms with E-state index in [0.29, 0.717) is 6.54 Å². The van der Waals surface area contributed by atoms with E-state index in [1.54, 1.807) is 6.92 Å². The number of carbonyl (C=O) groups is 1. The van der Waals surface area contributed by atoms with E-state index < -0.39 is 12.8 Å². The van der Waals surface area contributed by atoms with E-state index in [9.17, 15) is 18.0 Å². The minimum absolute atomic E-state index is 0.0861. The largest absolute Gasteiger partial charge is 0.411 e. The third-order valence-electron chi connectivity index (χ3n) is 4.35. The summed E-state index contributed by atoms with van der Waals surface area (Å²) in [5.74, 6) is 0.0951. The molecule has 2 saturated heterocycles. The predicted octanol–water partition coefficient (Wildman–Crippen LogP) is 2.04. The van der Waals surface area contributed by atoms with Crippen molar-refractivity contribution in [2.75, 3.05) is 32.8 Å². The molecule has 0 aliphatic carbocycles. The lowest BCUT2D eigenvalue weighted by Gasteiger charge is -2.34. The molecular weight excluding hydrogens is 285 g/mol. The van der Waals surface area contributed by atoms with Gasteiger partial charge in [0.1, 0.15) is 6.61 Å². The van der Waals surface area contributed by atoms with Gasteiger partial charge in [0.25, 0.3) is 0 Å². The summed E-state index contributed by atoms with van der Waals surface area (Å²) in [6.07, 6.45) is -0.218. The van der Waals surface area contributed by atoms with Crippen LogP contribution >= 0.6 is 0 Å². The Balaban J connectivity index is 1.81. The molecule has 0 spiro atoms. The van der Waals surface area contributed by atoms with E-state index in [4.69, 9.17) is 4.74 Å². The second kappa shape index (κ2) is 6.96. The predicted molar refractivity (Wildman–Crippen MR) is 71.9 cm³/mol. The smallest absolute Gasteiger partial charge is 0.371 e. The summed E-state index contributed by atoms with van der Waals surface area (Å²) >= 11 is 0. The first-order valence-corrected chi connectivity index (χ1v) is 7.54. The van der Waals surface area contributed by atoms with Crippen molar-refractivity contribution in [3.63, 3.8) is 0 Å². The molecule has 2 heterocycles. The van der Waals surface area contributed by atoms with E-state index in [1.165, 1.54) is 0 Å². The molecule has 0 aromatic heterocycles. The Morgan fingerprint density at radius 2 is 1.86 bits per heavy atom. The van der Waals surface area contributed by atoms with Crippen molar-refractivity contribution in [3.8, 4) is 0 Å². The molecule has 0 N–H and O–H groups in total. The van der Waals surface area contributed by atoms with Gasteiger partial charge in [-0.2, -0.15) is 13.2 Å². The van der Waals surface area contributed by atoms with Crippen molar-refractivity contribution >= 4 is 5.91 Å². The van der Waals surface area contributed by atoms with Crippen LogP contribution in [0.1, 0.15) is 32.6 Å². The van der Waals surface area contributed by atoms with Crippen LogP contribution in [0.4, 0.5) is 13.2 Å². The second-order valence-electron chi connectivity index (χ2n) is 5.84. The summed E-state index contributed by atoms with van der Waals surface area (Å²) in [6.45, 7) is 2.67. The van der Waals surface area contributed by atoms with E-state index in [2.05, 4.69) is 4.90 Å². The zero-order valence-electron chi connectivity index (χ0n) is 12.4. The third kappa shape index (κ3) is 4.57. The van der Waals surface area contributed by atoms with Crippen LogP contribution in [-0.4, -0.2) is 66.8 Å². The van der Waals surface area contributed by atoms with Gasteiger partial charge in [-0.1, -0.05) is 0 Å². The number of ether oxygens (including phenoxy) is 1. The van der Waals surface area contributed by atoms with Crippen LogP contribution < -0.4 is 0 Å². The van der Waals surface area contributed by atoms with Gasteiger partial charge in [-0.05, 0) is 32.2 Å². The van der Waals surface area contributed by atoms with Gasteiger partial charge in [0.15, 0.2) is 0 Å². The first-order chi connectivity index (χ1) is 9.88. The monoisotopic (exact) mass is 308 g/mol. The maximum absolute atomic E-state index is 12.0. The number of nitrogens with zero attached hydrogens (tertiary/aromatic N) is 2. The Kier molecular flexibility index (Phi) is 5.48. The minimum atomic E-state index is -4.26. The average molecular weight is 308 g/mol. The molecular formula is C14H23F3N2O2. The third-order valence-corrected chi connectivity index (χ3v) is 4.35. The molecule has 122 valence electrons. The number of amides is 1. The number of carbonyl (C=O) groups excluding carboxylic acids is 1. The number of hydrogen-bond donors (Lipinski definition) is 0. The summed E-state index contributed by atoms with van der Waals surface area (Å²) in [6, 6.07) is 0.485. The lowest BCUT2D eigenvalue weighted by atomic mass is 10.0. The fraction of sp³-hybridized carbons (Fsp3) is 0.929. The maximum Gasteiger partial charge on any atom is 0.411 e. The average Bonchev–Trinajstić information content (AvgIpc) is 3.01. The standard InChI is InChI=1S/C14H23F3N2O2/c1-11(20)19-7-3-5-13(19)12-4-2-6-18(12)8-9-21-10-14(15,16)17/h12-13H,2-10H2,1H3/t12-,13+/m0/s1. The number of likely N-dealkylation sites (tertiary alicyclic amines) is 2. The van der Waals surface area contributed by atoms with Gasteiger partial charge in [-0.15, -0.1) is 0 Å². The first kappa shape index (κ1) is 16.5. The number of rotatable bonds is 5. The highest BCUT2D eigenvalue weighted by molar-refractivity contribution is 5.74. The lowest BCUT2D eigenvalue weighted by Crippen LogP contribution is -2.48.